The molecule has 0 aliphatic rings. The Bertz CT molecular complexity index is 560. The third-order valence-corrected chi connectivity index (χ3v) is 2.86. The normalized spacial score (nSPS) is 11.3. The standard InChI is InChI=1S/C12H14N2O4/c1-17-12(18-2)8-13-7-6-9-10(13)4-3-5-11(9)14(15)16/h3-7,12H,8H2,1-2H3. The first kappa shape index (κ1) is 12.5. The SMILES string of the molecule is COC(Cn1ccc2c([N+](=O)[O-])cccc21)OC. The predicted octanol–water partition coefficient (Wildman–Crippen LogP) is 2.17. The van der Waals surface area contributed by atoms with Crippen LogP contribution in [-0.2, 0) is 16.0 Å². The van der Waals surface area contributed by atoms with Crippen molar-refractivity contribution in [2.75, 3.05) is 14.2 Å². The molecule has 0 N–H and O–H groups in total. The van der Waals surface area contributed by atoms with Crippen molar-refractivity contribution < 1.29 is 14.4 Å². The molecule has 0 unspecified atom stereocenters. The van der Waals surface area contributed by atoms with E-state index in [9.17, 15) is 10.1 Å². The highest BCUT2D eigenvalue weighted by Gasteiger charge is 2.15. The first-order chi connectivity index (χ1) is 8.67. The molecule has 96 valence electrons. The molecule has 0 aliphatic carbocycles. The first-order valence-corrected chi connectivity index (χ1v) is 5.45. The van der Waals surface area contributed by atoms with Gasteiger partial charge in [0.25, 0.3) is 5.69 Å². The molecule has 1 heterocycles. The quantitative estimate of drug-likeness (QED) is 0.463. The van der Waals surface area contributed by atoms with Gasteiger partial charge in [-0.1, -0.05) is 6.07 Å². The van der Waals surface area contributed by atoms with Crippen LogP contribution in [-0.4, -0.2) is 30.0 Å². The molecule has 0 spiro atoms. The van der Waals surface area contributed by atoms with E-state index in [4.69, 9.17) is 9.47 Å². The van der Waals surface area contributed by atoms with E-state index >= 15 is 0 Å². The van der Waals surface area contributed by atoms with Crippen LogP contribution in [0.2, 0.25) is 0 Å². The molecule has 1 aromatic heterocycles. The molecule has 6 heteroatoms. The Morgan fingerprint density at radius 3 is 2.67 bits per heavy atom. The number of methoxy groups -OCH3 is 2. The molecule has 2 aromatic rings. The molecule has 0 atom stereocenters. The summed E-state index contributed by atoms with van der Waals surface area (Å²) in [4.78, 5) is 10.5. The van der Waals surface area contributed by atoms with E-state index in [1.807, 2.05) is 10.6 Å². The molecule has 0 bridgehead atoms. The second-order valence-corrected chi connectivity index (χ2v) is 3.84. The van der Waals surface area contributed by atoms with Gasteiger partial charge < -0.3 is 14.0 Å². The number of nitro groups is 1. The summed E-state index contributed by atoms with van der Waals surface area (Å²) < 4.78 is 12.1. The van der Waals surface area contributed by atoms with Gasteiger partial charge in [0.2, 0.25) is 0 Å². The van der Waals surface area contributed by atoms with E-state index in [1.165, 1.54) is 6.07 Å². The monoisotopic (exact) mass is 250 g/mol. The maximum Gasteiger partial charge on any atom is 0.278 e. The Hall–Kier alpha value is -1.92. The number of hydrogen-bond acceptors (Lipinski definition) is 4. The molecule has 0 amide bonds. The summed E-state index contributed by atoms with van der Waals surface area (Å²) in [5.41, 5.74) is 0.904. The van der Waals surface area contributed by atoms with Crippen molar-refractivity contribution in [2.24, 2.45) is 0 Å². The van der Waals surface area contributed by atoms with Gasteiger partial charge in [0.05, 0.1) is 22.4 Å². The Morgan fingerprint density at radius 1 is 1.33 bits per heavy atom. The van der Waals surface area contributed by atoms with Crippen molar-refractivity contribution >= 4 is 16.6 Å². The van der Waals surface area contributed by atoms with Crippen molar-refractivity contribution in [3.8, 4) is 0 Å². The minimum Gasteiger partial charge on any atom is -0.354 e. The van der Waals surface area contributed by atoms with Crippen LogP contribution in [0.15, 0.2) is 30.5 Å². The number of ether oxygens (including phenoxy) is 2. The Balaban J connectivity index is 2.42. The Kier molecular flexibility index (Phi) is 3.59. The Morgan fingerprint density at radius 2 is 2.06 bits per heavy atom. The lowest BCUT2D eigenvalue weighted by atomic mass is 10.2. The molecule has 6 nitrogen and oxygen atoms in total. The molecule has 0 fully saturated rings. The van der Waals surface area contributed by atoms with Crippen LogP contribution in [0.25, 0.3) is 10.9 Å². The number of nitro benzene ring substituents is 1. The number of non-ortho nitro benzene ring substituents is 1. The van der Waals surface area contributed by atoms with Crippen LogP contribution in [0.5, 0.6) is 0 Å². The molecular weight excluding hydrogens is 236 g/mol. The topological polar surface area (TPSA) is 66.5 Å². The van der Waals surface area contributed by atoms with Crippen LogP contribution in [0.1, 0.15) is 0 Å². The van der Waals surface area contributed by atoms with Crippen LogP contribution < -0.4 is 0 Å². The van der Waals surface area contributed by atoms with Gasteiger partial charge in [0.1, 0.15) is 0 Å². The average Bonchev–Trinajstić information content (AvgIpc) is 2.78. The van der Waals surface area contributed by atoms with Crippen LogP contribution in [0, 0.1) is 10.1 Å². The van der Waals surface area contributed by atoms with Crippen molar-refractivity contribution in [1.29, 1.82) is 0 Å². The van der Waals surface area contributed by atoms with Gasteiger partial charge in [-0.2, -0.15) is 0 Å². The molecule has 0 aliphatic heterocycles. The van der Waals surface area contributed by atoms with Crippen molar-refractivity contribution in [1.82, 2.24) is 4.57 Å². The van der Waals surface area contributed by atoms with Crippen molar-refractivity contribution in [3.63, 3.8) is 0 Å². The third kappa shape index (κ3) is 2.20. The van der Waals surface area contributed by atoms with Gasteiger partial charge in [0.15, 0.2) is 6.29 Å². The highest BCUT2D eigenvalue weighted by molar-refractivity contribution is 5.89. The highest BCUT2D eigenvalue weighted by atomic mass is 16.7. The zero-order valence-corrected chi connectivity index (χ0v) is 10.2. The maximum absolute atomic E-state index is 10.9. The van der Waals surface area contributed by atoms with Crippen LogP contribution >= 0.6 is 0 Å². The minimum absolute atomic E-state index is 0.109. The predicted molar refractivity (Wildman–Crippen MR) is 66.4 cm³/mol. The van der Waals surface area contributed by atoms with Gasteiger partial charge in [-0.15, -0.1) is 0 Å². The number of nitrogens with zero attached hydrogens (tertiary/aromatic N) is 2. The molecule has 0 radical (unpaired) electrons. The number of aromatic nitrogens is 1. The van der Waals surface area contributed by atoms with E-state index in [1.54, 1.807) is 32.5 Å². The first-order valence-electron chi connectivity index (χ1n) is 5.45. The van der Waals surface area contributed by atoms with Crippen LogP contribution in [0.3, 0.4) is 0 Å². The molecule has 0 saturated heterocycles. The fraction of sp³-hybridized carbons (Fsp3) is 0.333. The van der Waals surface area contributed by atoms with E-state index in [-0.39, 0.29) is 16.9 Å². The summed E-state index contributed by atoms with van der Waals surface area (Å²) in [5.74, 6) is 0. The largest absolute Gasteiger partial charge is 0.354 e. The molecule has 18 heavy (non-hydrogen) atoms. The third-order valence-electron chi connectivity index (χ3n) is 2.86. The van der Waals surface area contributed by atoms with E-state index in [0.717, 1.165) is 5.52 Å². The lowest BCUT2D eigenvalue weighted by Crippen LogP contribution is -2.19. The molecule has 2 rings (SSSR count). The number of benzene rings is 1. The summed E-state index contributed by atoms with van der Waals surface area (Å²) in [6.45, 7) is 0.484. The lowest BCUT2D eigenvalue weighted by Gasteiger charge is -2.14. The van der Waals surface area contributed by atoms with Gasteiger partial charge in [0, 0.05) is 26.5 Å². The zero-order chi connectivity index (χ0) is 13.1. The van der Waals surface area contributed by atoms with Crippen LogP contribution in [0.4, 0.5) is 5.69 Å². The highest BCUT2D eigenvalue weighted by Crippen LogP contribution is 2.26. The second-order valence-electron chi connectivity index (χ2n) is 3.84. The van der Waals surface area contributed by atoms with Crippen molar-refractivity contribution in [3.05, 3.63) is 40.6 Å². The zero-order valence-electron chi connectivity index (χ0n) is 10.2. The van der Waals surface area contributed by atoms with E-state index in [0.29, 0.717) is 11.9 Å². The molecular formula is C12H14N2O4. The van der Waals surface area contributed by atoms with Gasteiger partial charge in [-0.05, 0) is 12.1 Å². The summed E-state index contributed by atoms with van der Waals surface area (Å²) in [6, 6.07) is 6.74. The van der Waals surface area contributed by atoms with E-state index in [2.05, 4.69) is 0 Å². The number of rotatable bonds is 5. The maximum atomic E-state index is 10.9. The summed E-state index contributed by atoms with van der Waals surface area (Å²) in [5, 5.41) is 11.5. The van der Waals surface area contributed by atoms with E-state index < -0.39 is 0 Å². The lowest BCUT2D eigenvalue weighted by molar-refractivity contribution is -0.383. The fourth-order valence-corrected chi connectivity index (χ4v) is 1.93. The minimum atomic E-state index is -0.378. The van der Waals surface area contributed by atoms with Gasteiger partial charge >= 0.3 is 0 Å². The fourth-order valence-electron chi connectivity index (χ4n) is 1.93. The smallest absolute Gasteiger partial charge is 0.278 e. The molecule has 0 saturated carbocycles. The summed E-state index contributed by atoms with van der Waals surface area (Å²) >= 11 is 0. The average molecular weight is 250 g/mol. The van der Waals surface area contributed by atoms with Gasteiger partial charge in [-0.3, -0.25) is 10.1 Å². The number of hydrogen-bond donors (Lipinski definition) is 0. The summed E-state index contributed by atoms with van der Waals surface area (Å²) in [6.07, 6.45) is 1.42. The second kappa shape index (κ2) is 5.16. The van der Waals surface area contributed by atoms with Gasteiger partial charge in [-0.25, -0.2) is 0 Å². The Labute approximate surface area is 104 Å². The summed E-state index contributed by atoms with van der Waals surface area (Å²) in [7, 11) is 3.12. The number of fused-ring (bicyclic) bond motifs is 1. The van der Waals surface area contributed by atoms with Crippen molar-refractivity contribution in [2.45, 2.75) is 12.8 Å². The molecule has 1 aromatic carbocycles.